The lowest BCUT2D eigenvalue weighted by Gasteiger charge is -2.32. The first kappa shape index (κ1) is 23.4. The van der Waals surface area contributed by atoms with Gasteiger partial charge in [0.25, 0.3) is 5.91 Å². The first-order valence-corrected chi connectivity index (χ1v) is 12.5. The summed E-state index contributed by atoms with van der Waals surface area (Å²) in [6.45, 7) is 1.93. The van der Waals surface area contributed by atoms with Gasteiger partial charge >= 0.3 is 6.09 Å². The van der Waals surface area contributed by atoms with E-state index in [-0.39, 0.29) is 37.0 Å². The Kier molecular flexibility index (Phi) is 5.99. The number of aromatic nitrogens is 1. The van der Waals surface area contributed by atoms with Crippen LogP contribution in [0.4, 0.5) is 16.3 Å². The topological polar surface area (TPSA) is 130 Å². The standard InChI is InChI=1S/C26H27N5O6/c32-23-8-6-21(24(33)29-23)31-11-16-2-1-15(9-20(16)25(31)34)14-36-26(35)28-17-3-7-22(27-10-17)30-12-18-4-5-19(13-30)37-18/h1-3,7,9-10,18-19,21H,4-6,8,11-14H2,(H,28,35)(H,29,32,33). The number of pyridine rings is 1. The van der Waals surface area contributed by atoms with Crippen molar-refractivity contribution in [2.45, 2.75) is 57.1 Å². The fraction of sp³-hybridized carbons (Fsp3) is 0.423. The molecule has 6 rings (SSSR count). The number of hydrogen-bond donors (Lipinski definition) is 2. The van der Waals surface area contributed by atoms with Crippen molar-refractivity contribution in [2.75, 3.05) is 23.3 Å². The molecule has 2 aromatic rings. The summed E-state index contributed by atoms with van der Waals surface area (Å²) >= 11 is 0. The molecule has 3 fully saturated rings. The number of morpholine rings is 1. The summed E-state index contributed by atoms with van der Waals surface area (Å²) in [6, 6.07) is 8.28. The number of benzene rings is 1. The number of carbonyl (C=O) groups is 4. The van der Waals surface area contributed by atoms with Crippen molar-refractivity contribution < 1.29 is 28.7 Å². The maximum Gasteiger partial charge on any atom is 0.412 e. The van der Waals surface area contributed by atoms with Crippen LogP contribution >= 0.6 is 0 Å². The van der Waals surface area contributed by atoms with Gasteiger partial charge in [0.15, 0.2) is 0 Å². The Morgan fingerprint density at radius 1 is 1.11 bits per heavy atom. The van der Waals surface area contributed by atoms with E-state index in [1.54, 1.807) is 30.5 Å². The van der Waals surface area contributed by atoms with Crippen LogP contribution in [0.15, 0.2) is 36.5 Å². The van der Waals surface area contributed by atoms with E-state index in [0.29, 0.717) is 29.8 Å². The minimum Gasteiger partial charge on any atom is -0.444 e. The number of hydrogen-bond acceptors (Lipinski definition) is 8. The molecule has 4 aliphatic heterocycles. The van der Waals surface area contributed by atoms with E-state index in [2.05, 4.69) is 20.5 Å². The van der Waals surface area contributed by atoms with Crippen LogP contribution in [0.25, 0.3) is 0 Å². The lowest BCUT2D eigenvalue weighted by molar-refractivity contribution is -0.136. The summed E-state index contributed by atoms with van der Waals surface area (Å²) < 4.78 is 11.2. The van der Waals surface area contributed by atoms with E-state index in [1.165, 1.54) is 4.90 Å². The zero-order valence-electron chi connectivity index (χ0n) is 20.1. The normalized spacial score (nSPS) is 24.6. The van der Waals surface area contributed by atoms with Crippen LogP contribution in [0.5, 0.6) is 0 Å². The second kappa shape index (κ2) is 9.47. The molecule has 3 unspecified atom stereocenters. The highest BCUT2D eigenvalue weighted by Gasteiger charge is 2.39. The van der Waals surface area contributed by atoms with Crippen molar-refractivity contribution in [3.8, 4) is 0 Å². The molecule has 0 aliphatic carbocycles. The van der Waals surface area contributed by atoms with E-state index >= 15 is 0 Å². The summed E-state index contributed by atoms with van der Waals surface area (Å²) in [5.41, 5.74) is 2.45. The van der Waals surface area contributed by atoms with Gasteiger partial charge in [-0.05, 0) is 48.6 Å². The summed E-state index contributed by atoms with van der Waals surface area (Å²) in [5.74, 6) is -0.181. The molecule has 192 valence electrons. The number of ether oxygens (including phenoxy) is 2. The second-order valence-corrected chi connectivity index (χ2v) is 9.86. The number of imide groups is 1. The largest absolute Gasteiger partial charge is 0.444 e. The highest BCUT2D eigenvalue weighted by molar-refractivity contribution is 6.05. The van der Waals surface area contributed by atoms with Crippen molar-refractivity contribution in [1.29, 1.82) is 0 Å². The third-order valence-corrected chi connectivity index (χ3v) is 7.32. The molecule has 5 heterocycles. The molecule has 2 bridgehead atoms. The Balaban J connectivity index is 1.03. The van der Waals surface area contributed by atoms with Crippen LogP contribution < -0.4 is 15.5 Å². The van der Waals surface area contributed by atoms with Crippen molar-refractivity contribution in [3.05, 3.63) is 53.2 Å². The predicted octanol–water partition coefficient (Wildman–Crippen LogP) is 1.96. The molecular weight excluding hydrogens is 478 g/mol. The number of nitrogens with zero attached hydrogens (tertiary/aromatic N) is 3. The van der Waals surface area contributed by atoms with E-state index in [0.717, 1.165) is 37.3 Å². The fourth-order valence-corrected chi connectivity index (χ4v) is 5.44. The lowest BCUT2D eigenvalue weighted by Crippen LogP contribution is -2.52. The van der Waals surface area contributed by atoms with Gasteiger partial charge in [0.05, 0.1) is 24.1 Å². The predicted molar refractivity (Wildman–Crippen MR) is 131 cm³/mol. The van der Waals surface area contributed by atoms with Crippen molar-refractivity contribution in [2.24, 2.45) is 0 Å². The molecular formula is C26H27N5O6. The van der Waals surface area contributed by atoms with E-state index < -0.39 is 18.0 Å². The van der Waals surface area contributed by atoms with Crippen LogP contribution in [0, 0.1) is 0 Å². The van der Waals surface area contributed by atoms with Gasteiger partial charge in [-0.25, -0.2) is 9.78 Å². The van der Waals surface area contributed by atoms with Gasteiger partial charge in [-0.15, -0.1) is 0 Å². The smallest absolute Gasteiger partial charge is 0.412 e. The average Bonchev–Trinajstić information content (AvgIpc) is 3.40. The molecule has 2 N–H and O–H groups in total. The Labute approximate surface area is 213 Å². The van der Waals surface area contributed by atoms with Gasteiger partial charge in [0.2, 0.25) is 11.8 Å². The third kappa shape index (κ3) is 4.74. The number of nitrogens with one attached hydrogen (secondary N) is 2. The number of carbonyl (C=O) groups excluding carboxylic acids is 4. The fourth-order valence-electron chi connectivity index (χ4n) is 5.44. The lowest BCUT2D eigenvalue weighted by atomic mass is 10.0. The van der Waals surface area contributed by atoms with Crippen LogP contribution in [-0.2, 0) is 32.2 Å². The molecule has 37 heavy (non-hydrogen) atoms. The van der Waals surface area contributed by atoms with Gasteiger partial charge in [-0.1, -0.05) is 12.1 Å². The first-order chi connectivity index (χ1) is 17.9. The minimum atomic E-state index is -0.665. The zero-order chi connectivity index (χ0) is 25.5. The highest BCUT2D eigenvalue weighted by atomic mass is 16.5. The van der Waals surface area contributed by atoms with Gasteiger partial charge in [-0.3, -0.25) is 25.0 Å². The van der Waals surface area contributed by atoms with Crippen molar-refractivity contribution in [3.63, 3.8) is 0 Å². The van der Waals surface area contributed by atoms with Crippen LogP contribution in [-0.4, -0.2) is 65.0 Å². The van der Waals surface area contributed by atoms with E-state index in [9.17, 15) is 19.2 Å². The molecule has 11 nitrogen and oxygen atoms in total. The molecule has 3 atom stereocenters. The SMILES string of the molecule is O=C1CCC(N2Cc3ccc(COC(=O)Nc4ccc(N5CC6CCC(C5)O6)nc4)cc3C2=O)C(=O)N1. The van der Waals surface area contributed by atoms with Crippen LogP contribution in [0.3, 0.4) is 0 Å². The molecule has 11 heteroatoms. The Bertz CT molecular complexity index is 1250. The maximum absolute atomic E-state index is 13.0. The molecule has 4 aliphatic rings. The molecule has 4 amide bonds. The Morgan fingerprint density at radius 2 is 1.92 bits per heavy atom. The van der Waals surface area contributed by atoms with Gasteiger partial charge < -0.3 is 19.3 Å². The molecule has 0 spiro atoms. The number of piperidine rings is 1. The first-order valence-electron chi connectivity index (χ1n) is 12.5. The monoisotopic (exact) mass is 505 g/mol. The van der Waals surface area contributed by atoms with E-state index in [4.69, 9.17) is 9.47 Å². The van der Waals surface area contributed by atoms with E-state index in [1.807, 2.05) is 6.07 Å². The van der Waals surface area contributed by atoms with Crippen LogP contribution in [0.2, 0.25) is 0 Å². The molecule has 3 saturated heterocycles. The highest BCUT2D eigenvalue weighted by Crippen LogP contribution is 2.30. The summed E-state index contributed by atoms with van der Waals surface area (Å²) in [6.07, 6.45) is 4.20. The van der Waals surface area contributed by atoms with Crippen molar-refractivity contribution in [1.82, 2.24) is 15.2 Å². The summed E-state index contributed by atoms with van der Waals surface area (Å²) in [5, 5.41) is 4.97. The Hall–Kier alpha value is -3.99. The number of amides is 4. The number of anilines is 2. The molecule has 0 saturated carbocycles. The third-order valence-electron chi connectivity index (χ3n) is 7.32. The zero-order valence-corrected chi connectivity index (χ0v) is 20.1. The maximum atomic E-state index is 13.0. The molecule has 1 aromatic carbocycles. The summed E-state index contributed by atoms with van der Waals surface area (Å²) in [4.78, 5) is 57.1. The average molecular weight is 506 g/mol. The molecule has 0 radical (unpaired) electrons. The quantitative estimate of drug-likeness (QED) is 0.590. The van der Waals surface area contributed by atoms with Gasteiger partial charge in [0, 0.05) is 31.6 Å². The van der Waals surface area contributed by atoms with Crippen LogP contribution in [0.1, 0.15) is 47.2 Å². The second-order valence-electron chi connectivity index (χ2n) is 9.86. The van der Waals surface area contributed by atoms with Gasteiger partial charge in [-0.2, -0.15) is 0 Å². The molecule has 1 aromatic heterocycles. The number of rotatable bonds is 5. The van der Waals surface area contributed by atoms with Crippen molar-refractivity contribution >= 4 is 35.3 Å². The minimum absolute atomic E-state index is 0.0210. The van der Waals surface area contributed by atoms with Gasteiger partial charge in [0.1, 0.15) is 18.5 Å². The summed E-state index contributed by atoms with van der Waals surface area (Å²) in [7, 11) is 0. The number of fused-ring (bicyclic) bond motifs is 3. The Morgan fingerprint density at radius 3 is 2.65 bits per heavy atom.